The lowest BCUT2D eigenvalue weighted by atomic mass is 10.0. The summed E-state index contributed by atoms with van der Waals surface area (Å²) >= 11 is 0. The Bertz CT molecular complexity index is 1360. The van der Waals surface area contributed by atoms with Gasteiger partial charge in [-0.25, -0.2) is 14.4 Å². The summed E-state index contributed by atoms with van der Waals surface area (Å²) in [5, 5.41) is 8.37. The lowest BCUT2D eigenvalue weighted by Gasteiger charge is -2.25. The van der Waals surface area contributed by atoms with Crippen LogP contribution in [0.1, 0.15) is 71.9 Å². The standard InChI is InChI=1S/C36H51N3O10/c1-7-10-14-19-37-33(42)27(38-34(43)28(20-25-15-12-11-13-16-25)39-35(44)49-36(4,5)6)21-26-17-18-29(47-23-31(40)45-8-2)30(22-26)48-24-32(41)46-9-3/h11-13,15-18,22,27-28H,7-10,14,19-21,23-24H2,1-6H3,(H,37,42)(H,38,43)(H,39,44). The van der Waals surface area contributed by atoms with Crippen LogP contribution >= 0.6 is 0 Å². The third-order valence-corrected chi connectivity index (χ3v) is 6.75. The molecule has 0 aromatic heterocycles. The molecule has 0 heterocycles. The molecule has 13 heteroatoms. The van der Waals surface area contributed by atoms with Crippen LogP contribution in [0.5, 0.6) is 11.5 Å². The van der Waals surface area contributed by atoms with E-state index in [0.29, 0.717) is 12.1 Å². The van der Waals surface area contributed by atoms with Gasteiger partial charge in [-0.2, -0.15) is 0 Å². The van der Waals surface area contributed by atoms with Gasteiger partial charge in [-0.3, -0.25) is 9.59 Å². The van der Waals surface area contributed by atoms with Crippen molar-refractivity contribution in [2.45, 2.75) is 91.3 Å². The van der Waals surface area contributed by atoms with Crippen molar-refractivity contribution in [3.8, 4) is 11.5 Å². The maximum atomic E-state index is 13.8. The molecule has 270 valence electrons. The van der Waals surface area contributed by atoms with Crippen LogP contribution < -0.4 is 25.4 Å². The predicted molar refractivity (Wildman–Crippen MR) is 182 cm³/mol. The number of carbonyl (C=O) groups excluding carboxylic acids is 5. The third kappa shape index (κ3) is 16.2. The molecule has 2 unspecified atom stereocenters. The number of unbranched alkanes of at least 4 members (excludes halogenated alkanes) is 2. The van der Waals surface area contributed by atoms with Crippen molar-refractivity contribution in [3.05, 3.63) is 59.7 Å². The van der Waals surface area contributed by atoms with E-state index >= 15 is 0 Å². The van der Waals surface area contributed by atoms with Gasteiger partial charge in [0.05, 0.1) is 13.2 Å². The van der Waals surface area contributed by atoms with Gasteiger partial charge >= 0.3 is 18.0 Å². The van der Waals surface area contributed by atoms with Crippen molar-refractivity contribution in [2.75, 3.05) is 33.0 Å². The molecule has 0 radical (unpaired) electrons. The van der Waals surface area contributed by atoms with E-state index < -0.39 is 60.7 Å². The second-order valence-electron chi connectivity index (χ2n) is 12.1. The van der Waals surface area contributed by atoms with Crippen LogP contribution in [-0.2, 0) is 46.2 Å². The molecule has 3 amide bonds. The minimum Gasteiger partial charge on any atom is -0.478 e. The zero-order valence-electron chi connectivity index (χ0n) is 29.4. The second kappa shape index (κ2) is 21.2. The van der Waals surface area contributed by atoms with Crippen LogP contribution in [-0.4, -0.2) is 80.5 Å². The van der Waals surface area contributed by atoms with Crippen LogP contribution in [0.3, 0.4) is 0 Å². The SMILES string of the molecule is CCCCCNC(=O)C(Cc1ccc(OCC(=O)OCC)c(OCC(=O)OCC)c1)NC(=O)C(Cc1ccccc1)NC(=O)OC(C)(C)C. The number of ether oxygens (including phenoxy) is 5. The number of hydrogen-bond donors (Lipinski definition) is 3. The topological polar surface area (TPSA) is 168 Å². The summed E-state index contributed by atoms with van der Waals surface area (Å²) in [4.78, 5) is 64.0. The highest BCUT2D eigenvalue weighted by Gasteiger charge is 2.29. The fourth-order valence-electron chi connectivity index (χ4n) is 4.53. The van der Waals surface area contributed by atoms with E-state index in [1.807, 2.05) is 30.3 Å². The summed E-state index contributed by atoms with van der Waals surface area (Å²) in [5.74, 6) is -1.92. The Kier molecular flexibility index (Phi) is 17.5. The number of esters is 2. The van der Waals surface area contributed by atoms with Gasteiger partial charge in [0.1, 0.15) is 17.7 Å². The molecule has 0 saturated heterocycles. The normalized spacial score (nSPS) is 12.1. The summed E-state index contributed by atoms with van der Waals surface area (Å²) in [6.07, 6.45) is 2.04. The van der Waals surface area contributed by atoms with Gasteiger partial charge in [0.15, 0.2) is 24.7 Å². The first-order chi connectivity index (χ1) is 23.3. The molecule has 2 atom stereocenters. The molecular formula is C36H51N3O10. The average molecular weight is 686 g/mol. The van der Waals surface area contributed by atoms with Gasteiger partial charge in [0, 0.05) is 19.4 Å². The molecule has 2 rings (SSSR count). The molecule has 0 aliphatic rings. The van der Waals surface area contributed by atoms with E-state index in [9.17, 15) is 24.0 Å². The molecule has 0 bridgehead atoms. The third-order valence-electron chi connectivity index (χ3n) is 6.75. The molecule has 13 nitrogen and oxygen atoms in total. The van der Waals surface area contributed by atoms with Crippen molar-refractivity contribution < 1.29 is 47.7 Å². The van der Waals surface area contributed by atoms with E-state index in [0.717, 1.165) is 24.8 Å². The summed E-state index contributed by atoms with van der Waals surface area (Å²) in [6.45, 7) is 10.5. The Labute approximate surface area is 288 Å². The highest BCUT2D eigenvalue weighted by atomic mass is 16.6. The van der Waals surface area contributed by atoms with Crippen LogP contribution in [0.2, 0.25) is 0 Å². The first-order valence-electron chi connectivity index (χ1n) is 16.7. The van der Waals surface area contributed by atoms with Crippen LogP contribution in [0, 0.1) is 0 Å². The number of hydrogen-bond acceptors (Lipinski definition) is 10. The van der Waals surface area contributed by atoms with Crippen LogP contribution in [0.25, 0.3) is 0 Å². The molecule has 0 aliphatic carbocycles. The van der Waals surface area contributed by atoms with E-state index in [1.165, 1.54) is 6.07 Å². The Hall–Kier alpha value is -4.81. The Morgan fingerprint density at radius 2 is 1.29 bits per heavy atom. The largest absolute Gasteiger partial charge is 0.478 e. The lowest BCUT2D eigenvalue weighted by molar-refractivity contribution is -0.146. The Morgan fingerprint density at radius 1 is 0.694 bits per heavy atom. The molecular weight excluding hydrogens is 634 g/mol. The quantitative estimate of drug-likeness (QED) is 0.105. The maximum absolute atomic E-state index is 13.8. The van der Waals surface area contributed by atoms with Gasteiger partial charge in [-0.1, -0.05) is 56.2 Å². The summed E-state index contributed by atoms with van der Waals surface area (Å²) < 4.78 is 26.6. The lowest BCUT2D eigenvalue weighted by Crippen LogP contribution is -2.55. The van der Waals surface area contributed by atoms with Crippen molar-refractivity contribution in [2.24, 2.45) is 0 Å². The van der Waals surface area contributed by atoms with Crippen molar-refractivity contribution in [1.82, 2.24) is 16.0 Å². The van der Waals surface area contributed by atoms with E-state index in [4.69, 9.17) is 23.7 Å². The predicted octanol–water partition coefficient (Wildman–Crippen LogP) is 4.04. The number of rotatable bonds is 20. The summed E-state index contributed by atoms with van der Waals surface area (Å²) in [5.41, 5.74) is 0.551. The van der Waals surface area contributed by atoms with E-state index in [-0.39, 0.29) is 37.6 Å². The van der Waals surface area contributed by atoms with Gasteiger partial charge in [0.2, 0.25) is 11.8 Å². The molecule has 0 saturated carbocycles. The molecule has 49 heavy (non-hydrogen) atoms. The monoisotopic (exact) mass is 685 g/mol. The first-order valence-corrected chi connectivity index (χ1v) is 16.7. The van der Waals surface area contributed by atoms with Gasteiger partial charge in [-0.05, 0) is 64.3 Å². The summed E-state index contributed by atoms with van der Waals surface area (Å²) in [7, 11) is 0. The highest BCUT2D eigenvalue weighted by molar-refractivity contribution is 5.91. The van der Waals surface area contributed by atoms with Gasteiger partial charge < -0.3 is 39.6 Å². The van der Waals surface area contributed by atoms with Crippen molar-refractivity contribution in [1.29, 1.82) is 0 Å². The Morgan fingerprint density at radius 3 is 1.88 bits per heavy atom. The van der Waals surface area contributed by atoms with Crippen molar-refractivity contribution in [3.63, 3.8) is 0 Å². The fourth-order valence-corrected chi connectivity index (χ4v) is 4.53. The highest BCUT2D eigenvalue weighted by Crippen LogP contribution is 2.29. The summed E-state index contributed by atoms with van der Waals surface area (Å²) in [6, 6.07) is 11.8. The second-order valence-corrected chi connectivity index (χ2v) is 12.1. The molecule has 0 aliphatic heterocycles. The van der Waals surface area contributed by atoms with E-state index in [2.05, 4.69) is 22.9 Å². The van der Waals surface area contributed by atoms with Crippen LogP contribution in [0.15, 0.2) is 48.5 Å². The maximum Gasteiger partial charge on any atom is 0.408 e. The molecule has 2 aromatic carbocycles. The minimum absolute atomic E-state index is 0.0176. The average Bonchev–Trinajstić information content (AvgIpc) is 3.04. The zero-order valence-corrected chi connectivity index (χ0v) is 29.4. The van der Waals surface area contributed by atoms with Crippen molar-refractivity contribution >= 4 is 29.8 Å². The molecule has 0 spiro atoms. The number of amides is 3. The molecule has 0 fully saturated rings. The number of benzene rings is 2. The molecule has 2 aromatic rings. The smallest absolute Gasteiger partial charge is 0.408 e. The zero-order chi connectivity index (χ0) is 36.2. The number of carbonyl (C=O) groups is 5. The molecule has 3 N–H and O–H groups in total. The first kappa shape index (κ1) is 40.4. The van der Waals surface area contributed by atoms with Crippen LogP contribution in [0.4, 0.5) is 4.79 Å². The van der Waals surface area contributed by atoms with Gasteiger partial charge in [-0.15, -0.1) is 0 Å². The number of alkyl carbamates (subject to hydrolysis) is 1. The minimum atomic E-state index is -1.06. The Balaban J connectivity index is 2.38. The number of nitrogens with one attached hydrogen (secondary N) is 3. The van der Waals surface area contributed by atoms with E-state index in [1.54, 1.807) is 46.8 Å². The van der Waals surface area contributed by atoms with Gasteiger partial charge in [0.25, 0.3) is 0 Å². The fraction of sp³-hybridized carbons (Fsp3) is 0.528.